The van der Waals surface area contributed by atoms with Crippen LogP contribution in [0.5, 0.6) is 0 Å². The van der Waals surface area contributed by atoms with E-state index >= 15 is 0 Å². The van der Waals surface area contributed by atoms with Crippen molar-refractivity contribution >= 4 is 33.2 Å². The molecule has 17 heavy (non-hydrogen) atoms. The number of hydrogen-bond donors (Lipinski definition) is 3. The quantitative estimate of drug-likeness (QED) is 0.698. The molecule has 0 radical (unpaired) electrons. The third-order valence-electron chi connectivity index (χ3n) is 2.17. The van der Waals surface area contributed by atoms with Crippen LogP contribution in [0, 0.1) is 0 Å². The van der Waals surface area contributed by atoms with Crippen molar-refractivity contribution in [3.8, 4) is 0 Å². The molecule has 0 saturated heterocycles. The van der Waals surface area contributed by atoms with Crippen LogP contribution in [0.25, 0.3) is 0 Å². The first-order valence-electron chi connectivity index (χ1n) is 5.02. The van der Waals surface area contributed by atoms with Gasteiger partial charge in [0.25, 0.3) is 0 Å². The highest BCUT2D eigenvalue weighted by Gasteiger charge is 2.11. The largest absolute Gasteiger partial charge is 0.397 e. The van der Waals surface area contributed by atoms with Crippen LogP contribution >= 0.6 is 11.8 Å². The van der Waals surface area contributed by atoms with Gasteiger partial charge in [-0.2, -0.15) is 11.8 Å². The zero-order valence-electron chi connectivity index (χ0n) is 9.80. The SMILES string of the molecule is CSCC(C)Nc1cc(S(N)(=O)=O)ccc1N. The summed E-state index contributed by atoms with van der Waals surface area (Å²) in [5.41, 5.74) is 6.87. The second-order valence-corrected chi connectivity index (χ2v) is 6.27. The monoisotopic (exact) mass is 275 g/mol. The van der Waals surface area contributed by atoms with Crippen molar-refractivity contribution in [1.82, 2.24) is 0 Å². The maximum absolute atomic E-state index is 11.2. The fourth-order valence-corrected chi connectivity index (χ4v) is 2.52. The third kappa shape index (κ3) is 4.10. The zero-order valence-corrected chi connectivity index (χ0v) is 11.4. The van der Waals surface area contributed by atoms with Crippen LogP contribution in [0.2, 0.25) is 0 Å². The van der Waals surface area contributed by atoms with E-state index in [9.17, 15) is 8.42 Å². The molecule has 0 spiro atoms. The number of benzene rings is 1. The second-order valence-electron chi connectivity index (χ2n) is 3.79. The molecule has 0 heterocycles. The molecular weight excluding hydrogens is 258 g/mol. The Morgan fingerprint density at radius 1 is 1.47 bits per heavy atom. The van der Waals surface area contributed by atoms with E-state index in [1.807, 2.05) is 13.2 Å². The van der Waals surface area contributed by atoms with Gasteiger partial charge in [-0.25, -0.2) is 13.6 Å². The Kier molecular flexibility index (Phi) is 4.67. The van der Waals surface area contributed by atoms with Crippen LogP contribution in [0.4, 0.5) is 11.4 Å². The van der Waals surface area contributed by atoms with Crippen molar-refractivity contribution in [1.29, 1.82) is 0 Å². The van der Waals surface area contributed by atoms with Crippen molar-refractivity contribution in [2.75, 3.05) is 23.1 Å². The van der Waals surface area contributed by atoms with Crippen LogP contribution in [0.1, 0.15) is 6.92 Å². The lowest BCUT2D eigenvalue weighted by Gasteiger charge is -2.16. The summed E-state index contributed by atoms with van der Waals surface area (Å²) in [5, 5.41) is 8.22. The maximum Gasteiger partial charge on any atom is 0.238 e. The van der Waals surface area contributed by atoms with E-state index in [2.05, 4.69) is 5.32 Å². The summed E-state index contributed by atoms with van der Waals surface area (Å²) in [4.78, 5) is 0.0607. The smallest absolute Gasteiger partial charge is 0.238 e. The first-order valence-corrected chi connectivity index (χ1v) is 7.96. The van der Waals surface area contributed by atoms with Gasteiger partial charge in [-0.05, 0) is 31.4 Å². The molecule has 1 atom stereocenters. The maximum atomic E-state index is 11.2. The highest BCUT2D eigenvalue weighted by atomic mass is 32.2. The van der Waals surface area contributed by atoms with Gasteiger partial charge in [-0.3, -0.25) is 0 Å². The van der Waals surface area contributed by atoms with E-state index in [-0.39, 0.29) is 10.9 Å². The summed E-state index contributed by atoms with van der Waals surface area (Å²) in [7, 11) is -3.69. The van der Waals surface area contributed by atoms with E-state index in [0.717, 1.165) is 5.75 Å². The molecule has 0 aromatic heterocycles. The molecule has 5 nitrogen and oxygen atoms in total. The molecule has 96 valence electrons. The summed E-state index contributed by atoms with van der Waals surface area (Å²) in [6.07, 6.45) is 2.00. The molecule has 1 aromatic carbocycles. The first kappa shape index (κ1) is 14.1. The number of nitrogens with one attached hydrogen (secondary N) is 1. The van der Waals surface area contributed by atoms with Gasteiger partial charge in [-0.15, -0.1) is 0 Å². The number of hydrogen-bond acceptors (Lipinski definition) is 5. The Labute approximate surface area is 106 Å². The van der Waals surface area contributed by atoms with Crippen molar-refractivity contribution in [3.63, 3.8) is 0 Å². The topological polar surface area (TPSA) is 98.2 Å². The number of nitrogen functional groups attached to an aromatic ring is 1. The summed E-state index contributed by atoms with van der Waals surface area (Å²) in [6, 6.07) is 4.59. The molecule has 1 unspecified atom stereocenters. The first-order chi connectivity index (χ1) is 7.84. The Morgan fingerprint density at radius 3 is 2.65 bits per heavy atom. The van der Waals surface area contributed by atoms with Crippen LogP contribution in [0.3, 0.4) is 0 Å². The number of rotatable bonds is 5. The number of anilines is 2. The van der Waals surface area contributed by atoms with E-state index in [4.69, 9.17) is 10.9 Å². The van der Waals surface area contributed by atoms with Gasteiger partial charge in [0.2, 0.25) is 10.0 Å². The zero-order chi connectivity index (χ0) is 13.1. The summed E-state index contributed by atoms with van der Waals surface area (Å²) in [6.45, 7) is 2.00. The highest BCUT2D eigenvalue weighted by molar-refractivity contribution is 7.98. The second kappa shape index (κ2) is 5.61. The van der Waals surface area contributed by atoms with E-state index in [1.54, 1.807) is 11.8 Å². The van der Waals surface area contributed by atoms with Crippen molar-refractivity contribution in [3.05, 3.63) is 18.2 Å². The lowest BCUT2D eigenvalue weighted by molar-refractivity contribution is 0.598. The van der Waals surface area contributed by atoms with Gasteiger partial charge >= 0.3 is 0 Å². The van der Waals surface area contributed by atoms with Gasteiger partial charge in [-0.1, -0.05) is 0 Å². The minimum atomic E-state index is -3.69. The van der Waals surface area contributed by atoms with Crippen molar-refractivity contribution in [2.45, 2.75) is 17.9 Å². The molecule has 7 heteroatoms. The molecule has 0 aliphatic carbocycles. The molecule has 1 aromatic rings. The number of nitrogens with two attached hydrogens (primary N) is 2. The lowest BCUT2D eigenvalue weighted by Crippen LogP contribution is -2.19. The van der Waals surface area contributed by atoms with E-state index < -0.39 is 10.0 Å². The lowest BCUT2D eigenvalue weighted by atomic mass is 10.2. The molecule has 0 amide bonds. The molecular formula is C10H17N3O2S2. The predicted molar refractivity (Wildman–Crippen MR) is 73.7 cm³/mol. The Morgan fingerprint density at radius 2 is 2.12 bits per heavy atom. The molecule has 0 aliphatic heterocycles. The molecule has 1 rings (SSSR count). The van der Waals surface area contributed by atoms with Crippen LogP contribution < -0.4 is 16.2 Å². The number of primary sulfonamides is 1. The van der Waals surface area contributed by atoms with Gasteiger partial charge in [0.15, 0.2) is 0 Å². The van der Waals surface area contributed by atoms with Gasteiger partial charge in [0, 0.05) is 11.8 Å². The van der Waals surface area contributed by atoms with Gasteiger partial charge in [0.05, 0.1) is 16.3 Å². The molecule has 0 bridgehead atoms. The van der Waals surface area contributed by atoms with E-state index in [1.165, 1.54) is 18.2 Å². The fourth-order valence-electron chi connectivity index (χ4n) is 1.39. The normalized spacial score (nSPS) is 13.4. The summed E-state index contributed by atoms with van der Waals surface area (Å²) >= 11 is 1.70. The van der Waals surface area contributed by atoms with Gasteiger partial charge in [0.1, 0.15) is 0 Å². The van der Waals surface area contributed by atoms with Crippen LogP contribution in [-0.4, -0.2) is 26.5 Å². The minimum Gasteiger partial charge on any atom is -0.397 e. The average molecular weight is 275 g/mol. The Hall–Kier alpha value is -0.920. The Balaban J connectivity index is 2.99. The highest BCUT2D eigenvalue weighted by Crippen LogP contribution is 2.23. The third-order valence-corrected chi connectivity index (χ3v) is 3.92. The average Bonchev–Trinajstić information content (AvgIpc) is 2.20. The molecule has 0 fully saturated rings. The fraction of sp³-hybridized carbons (Fsp3) is 0.400. The van der Waals surface area contributed by atoms with Gasteiger partial charge < -0.3 is 11.1 Å². The summed E-state index contributed by atoms with van der Waals surface area (Å²) in [5.74, 6) is 0.902. The van der Waals surface area contributed by atoms with E-state index in [0.29, 0.717) is 11.4 Å². The summed E-state index contributed by atoms with van der Waals surface area (Å²) < 4.78 is 22.4. The van der Waals surface area contributed by atoms with Crippen molar-refractivity contribution < 1.29 is 8.42 Å². The number of thioether (sulfide) groups is 1. The number of sulfonamides is 1. The standard InChI is InChI=1S/C10H17N3O2S2/c1-7(6-16-2)13-10-5-8(17(12,14)15)3-4-9(10)11/h3-5,7,13H,6,11H2,1-2H3,(H2,12,14,15). The minimum absolute atomic E-state index is 0.0607. The van der Waals surface area contributed by atoms with Crippen LogP contribution in [-0.2, 0) is 10.0 Å². The Bertz CT molecular complexity index is 488. The van der Waals surface area contributed by atoms with Crippen LogP contribution in [0.15, 0.2) is 23.1 Å². The van der Waals surface area contributed by atoms with Crippen molar-refractivity contribution in [2.24, 2.45) is 5.14 Å². The molecule has 0 aliphatic rings. The molecule has 5 N–H and O–H groups in total. The molecule has 0 saturated carbocycles. The predicted octanol–water partition coefficient (Wildman–Crippen LogP) is 1.08.